The number of halogens is 1. The number of quaternary nitrogens is 1. The fourth-order valence-corrected chi connectivity index (χ4v) is 3.25. The molecule has 3 atom stereocenters. The molecular weight excluding hydrogens is 328 g/mol. The van der Waals surface area contributed by atoms with E-state index in [1.54, 1.807) is 0 Å². The Hall–Kier alpha value is -1.59. The van der Waals surface area contributed by atoms with E-state index < -0.39 is 0 Å². The van der Waals surface area contributed by atoms with Gasteiger partial charge in [-0.05, 0) is 44.4 Å². The van der Waals surface area contributed by atoms with Crippen LogP contribution in [0.5, 0.6) is 0 Å². The molecule has 1 aromatic rings. The third-order valence-corrected chi connectivity index (χ3v) is 4.65. The van der Waals surface area contributed by atoms with Gasteiger partial charge in [0.05, 0.1) is 25.7 Å². The number of rotatable bonds is 6. The first-order valence-electron chi connectivity index (χ1n) is 8.54. The second-order valence-electron chi connectivity index (χ2n) is 6.31. The highest BCUT2D eigenvalue weighted by Gasteiger charge is 2.30. The number of esters is 1. The zero-order valence-corrected chi connectivity index (χ0v) is 15.1. The van der Waals surface area contributed by atoms with Crippen LogP contribution in [0.3, 0.4) is 0 Å². The van der Waals surface area contributed by atoms with Crippen molar-refractivity contribution in [2.24, 2.45) is 5.92 Å². The highest BCUT2D eigenvalue weighted by Crippen LogP contribution is 2.15. The van der Waals surface area contributed by atoms with E-state index in [-0.39, 0.29) is 23.8 Å². The maximum atomic E-state index is 12.3. The lowest BCUT2D eigenvalue weighted by Crippen LogP contribution is -3.14. The Morgan fingerprint density at radius 2 is 2.08 bits per heavy atom. The molecule has 24 heavy (non-hydrogen) atoms. The number of likely N-dealkylation sites (tertiary alicyclic amines) is 1. The van der Waals surface area contributed by atoms with Crippen LogP contribution in [0.2, 0.25) is 5.02 Å². The summed E-state index contributed by atoms with van der Waals surface area (Å²) >= 11 is 5.88. The highest BCUT2D eigenvalue weighted by atomic mass is 35.5. The molecule has 6 heteroatoms. The van der Waals surface area contributed by atoms with E-state index in [2.05, 4.69) is 5.32 Å². The number of hydrogen-bond donors (Lipinski definition) is 2. The largest absolute Gasteiger partial charge is 0.466 e. The summed E-state index contributed by atoms with van der Waals surface area (Å²) in [6.45, 7) is 6.14. The van der Waals surface area contributed by atoms with Crippen LogP contribution < -0.4 is 10.2 Å². The van der Waals surface area contributed by atoms with Crippen LogP contribution in [-0.4, -0.2) is 38.1 Å². The molecule has 1 aliphatic heterocycles. The van der Waals surface area contributed by atoms with Crippen LogP contribution in [0.15, 0.2) is 24.3 Å². The van der Waals surface area contributed by atoms with Crippen LogP contribution in [0.4, 0.5) is 0 Å². The quantitative estimate of drug-likeness (QED) is 0.759. The number of amides is 1. The Kier molecular flexibility index (Phi) is 7.06. The highest BCUT2D eigenvalue weighted by molar-refractivity contribution is 6.30. The van der Waals surface area contributed by atoms with Crippen molar-refractivity contribution in [2.45, 2.75) is 32.7 Å². The summed E-state index contributed by atoms with van der Waals surface area (Å²) in [5, 5.41) is 3.69. The Morgan fingerprint density at radius 1 is 1.38 bits per heavy atom. The molecule has 2 N–H and O–H groups in total. The smallest absolute Gasteiger partial charge is 0.314 e. The molecule has 1 amide bonds. The van der Waals surface area contributed by atoms with Crippen LogP contribution in [0, 0.1) is 5.92 Å². The third kappa shape index (κ3) is 5.49. The lowest BCUT2D eigenvalue weighted by Gasteiger charge is -2.28. The Bertz CT molecular complexity index is 562. The van der Waals surface area contributed by atoms with Gasteiger partial charge in [-0.25, -0.2) is 0 Å². The van der Waals surface area contributed by atoms with E-state index >= 15 is 0 Å². The monoisotopic (exact) mass is 353 g/mol. The number of ether oxygens (including phenoxy) is 1. The molecule has 0 bridgehead atoms. The molecule has 0 saturated carbocycles. The van der Waals surface area contributed by atoms with Crippen molar-refractivity contribution in [1.29, 1.82) is 0 Å². The number of benzene rings is 1. The van der Waals surface area contributed by atoms with Crippen molar-refractivity contribution < 1.29 is 19.2 Å². The zero-order valence-electron chi connectivity index (χ0n) is 14.3. The number of hydrogen-bond acceptors (Lipinski definition) is 3. The Labute approximate surface area is 148 Å². The molecule has 0 radical (unpaired) electrons. The van der Waals surface area contributed by atoms with Crippen LogP contribution in [0.25, 0.3) is 0 Å². The van der Waals surface area contributed by atoms with E-state index in [4.69, 9.17) is 16.3 Å². The van der Waals surface area contributed by atoms with Gasteiger partial charge in [-0.2, -0.15) is 0 Å². The normalized spacial score (nSPS) is 21.8. The van der Waals surface area contributed by atoms with Gasteiger partial charge in [-0.1, -0.05) is 23.7 Å². The molecule has 132 valence electrons. The topological polar surface area (TPSA) is 59.8 Å². The number of carbonyl (C=O) groups excluding carboxylic acids is 2. The van der Waals surface area contributed by atoms with Gasteiger partial charge in [-0.3, -0.25) is 9.59 Å². The number of piperidine rings is 1. The first-order valence-corrected chi connectivity index (χ1v) is 8.92. The SMILES string of the molecule is CCOC(=O)[C@@H]1CCC[NH+](CC(=O)N[C@@H](C)c2ccc(Cl)cc2)C1. The van der Waals surface area contributed by atoms with Crippen molar-refractivity contribution >= 4 is 23.5 Å². The predicted molar refractivity (Wildman–Crippen MR) is 92.9 cm³/mol. The average Bonchev–Trinajstić information content (AvgIpc) is 2.55. The third-order valence-electron chi connectivity index (χ3n) is 4.40. The first-order chi connectivity index (χ1) is 11.5. The van der Waals surface area contributed by atoms with E-state index in [0.29, 0.717) is 24.7 Å². The molecule has 0 aliphatic carbocycles. The molecule has 1 fully saturated rings. The summed E-state index contributed by atoms with van der Waals surface area (Å²) in [6, 6.07) is 7.40. The average molecular weight is 354 g/mol. The fraction of sp³-hybridized carbons (Fsp3) is 0.556. The van der Waals surface area contributed by atoms with Crippen LogP contribution in [0.1, 0.15) is 38.3 Å². The Balaban J connectivity index is 1.83. The van der Waals surface area contributed by atoms with Gasteiger partial charge >= 0.3 is 5.97 Å². The molecule has 2 rings (SSSR count). The van der Waals surface area contributed by atoms with Gasteiger partial charge in [0.2, 0.25) is 0 Å². The van der Waals surface area contributed by atoms with Crippen molar-refractivity contribution in [3.8, 4) is 0 Å². The van der Waals surface area contributed by atoms with Crippen molar-refractivity contribution in [3.63, 3.8) is 0 Å². The molecule has 1 heterocycles. The Morgan fingerprint density at radius 3 is 2.75 bits per heavy atom. The molecule has 1 saturated heterocycles. The van der Waals surface area contributed by atoms with E-state index in [9.17, 15) is 9.59 Å². The minimum absolute atomic E-state index is 0.00282. The lowest BCUT2D eigenvalue weighted by molar-refractivity contribution is -0.899. The molecule has 5 nitrogen and oxygen atoms in total. The predicted octanol–water partition coefficient (Wildman–Crippen LogP) is 1.38. The number of nitrogens with one attached hydrogen (secondary N) is 2. The van der Waals surface area contributed by atoms with Gasteiger partial charge < -0.3 is 15.0 Å². The number of carbonyl (C=O) groups is 2. The van der Waals surface area contributed by atoms with Crippen molar-refractivity contribution in [2.75, 3.05) is 26.2 Å². The molecule has 0 spiro atoms. The van der Waals surface area contributed by atoms with Crippen molar-refractivity contribution in [3.05, 3.63) is 34.9 Å². The van der Waals surface area contributed by atoms with Crippen molar-refractivity contribution in [1.82, 2.24) is 5.32 Å². The standard InChI is InChI=1S/C18H25ClN2O3/c1-3-24-18(23)15-5-4-10-21(11-15)12-17(22)20-13(2)14-6-8-16(19)9-7-14/h6-9,13,15H,3-5,10-12H2,1-2H3,(H,20,22)/p+1/t13-,15+/m0/s1. The van der Waals surface area contributed by atoms with Crippen LogP contribution in [-0.2, 0) is 14.3 Å². The fourth-order valence-electron chi connectivity index (χ4n) is 3.13. The summed E-state index contributed by atoms with van der Waals surface area (Å²) in [6.07, 6.45) is 1.80. The summed E-state index contributed by atoms with van der Waals surface area (Å²) < 4.78 is 5.10. The van der Waals surface area contributed by atoms with Crippen LogP contribution >= 0.6 is 11.6 Å². The molecule has 1 unspecified atom stereocenters. The van der Waals surface area contributed by atoms with Gasteiger partial charge in [0, 0.05) is 5.02 Å². The minimum atomic E-state index is -0.135. The minimum Gasteiger partial charge on any atom is -0.466 e. The summed E-state index contributed by atoms with van der Waals surface area (Å²) in [5.74, 6) is -0.225. The van der Waals surface area contributed by atoms with E-state index in [1.165, 1.54) is 0 Å². The van der Waals surface area contributed by atoms with Gasteiger partial charge in [0.25, 0.3) is 5.91 Å². The molecule has 1 aromatic carbocycles. The molecule has 0 aromatic heterocycles. The second-order valence-corrected chi connectivity index (χ2v) is 6.75. The summed E-state index contributed by atoms with van der Waals surface area (Å²) in [7, 11) is 0. The maximum Gasteiger partial charge on any atom is 0.314 e. The first kappa shape index (κ1) is 18.7. The molecular formula is C18H26ClN2O3+. The second kappa shape index (κ2) is 9.04. The van der Waals surface area contributed by atoms with E-state index in [1.807, 2.05) is 38.1 Å². The van der Waals surface area contributed by atoms with Gasteiger partial charge in [-0.15, -0.1) is 0 Å². The zero-order chi connectivity index (χ0) is 17.5. The van der Waals surface area contributed by atoms with Gasteiger partial charge in [0.1, 0.15) is 5.92 Å². The van der Waals surface area contributed by atoms with E-state index in [0.717, 1.165) is 29.8 Å². The summed E-state index contributed by atoms with van der Waals surface area (Å²) in [4.78, 5) is 25.3. The lowest BCUT2D eigenvalue weighted by atomic mass is 9.98. The summed E-state index contributed by atoms with van der Waals surface area (Å²) in [5.41, 5.74) is 1.02. The maximum absolute atomic E-state index is 12.3. The molecule has 1 aliphatic rings. The van der Waals surface area contributed by atoms with Gasteiger partial charge in [0.15, 0.2) is 6.54 Å².